The minimum absolute atomic E-state index is 0.00343. The first kappa shape index (κ1) is 24.1. The van der Waals surface area contributed by atoms with Gasteiger partial charge in [-0.15, -0.1) is 0 Å². The predicted molar refractivity (Wildman–Crippen MR) is 127 cm³/mol. The van der Waals surface area contributed by atoms with E-state index in [1.165, 1.54) is 47.8 Å². The molecule has 8 nitrogen and oxygen atoms in total. The van der Waals surface area contributed by atoms with Crippen molar-refractivity contribution in [2.45, 2.75) is 44.2 Å². The van der Waals surface area contributed by atoms with Crippen molar-refractivity contribution in [3.05, 3.63) is 84.3 Å². The molecule has 35 heavy (non-hydrogen) atoms. The van der Waals surface area contributed by atoms with Crippen LogP contribution in [-0.4, -0.2) is 35.3 Å². The number of pyridine rings is 1. The standard InChI is InChI=1S/C26H27FN4O4/c27-19-6-4-9-21(16-19)31(23(32)17-29-25(33)22-10-5-15-35-22)24(18-11-13-28-14-12-18)26(34)30-20-7-2-1-3-8-20/h4-6,9-16,20,24H,1-3,7-8,17H2,(H,29,33)(H,30,34)/t24-/m1/s1. The van der Waals surface area contributed by atoms with E-state index in [-0.39, 0.29) is 23.4 Å². The highest BCUT2D eigenvalue weighted by Crippen LogP contribution is 2.29. The van der Waals surface area contributed by atoms with Crippen LogP contribution in [0, 0.1) is 5.82 Å². The SMILES string of the molecule is O=C(NCC(=O)N(c1cccc(F)c1)[C@@H](C(=O)NC1CCCCC1)c1ccncc1)c1ccco1. The molecule has 0 spiro atoms. The molecule has 1 aromatic carbocycles. The molecular weight excluding hydrogens is 451 g/mol. The van der Waals surface area contributed by atoms with Gasteiger partial charge in [0, 0.05) is 24.1 Å². The van der Waals surface area contributed by atoms with E-state index in [2.05, 4.69) is 15.6 Å². The fourth-order valence-electron chi connectivity index (χ4n) is 4.29. The molecule has 4 rings (SSSR count). The number of nitrogens with zero attached hydrogens (tertiary/aromatic N) is 2. The Labute approximate surface area is 202 Å². The van der Waals surface area contributed by atoms with Gasteiger partial charge in [0.2, 0.25) is 11.8 Å². The number of halogens is 1. The van der Waals surface area contributed by atoms with Gasteiger partial charge in [-0.05, 0) is 60.9 Å². The lowest BCUT2D eigenvalue weighted by Crippen LogP contribution is -2.49. The minimum Gasteiger partial charge on any atom is -0.459 e. The Morgan fingerprint density at radius 2 is 1.83 bits per heavy atom. The summed E-state index contributed by atoms with van der Waals surface area (Å²) < 4.78 is 19.3. The number of rotatable bonds is 8. The van der Waals surface area contributed by atoms with Crippen molar-refractivity contribution in [2.24, 2.45) is 0 Å². The highest BCUT2D eigenvalue weighted by atomic mass is 19.1. The lowest BCUT2D eigenvalue weighted by atomic mass is 9.94. The first-order valence-electron chi connectivity index (χ1n) is 11.6. The van der Waals surface area contributed by atoms with Crippen molar-refractivity contribution in [3.8, 4) is 0 Å². The summed E-state index contributed by atoms with van der Waals surface area (Å²) in [5, 5.41) is 5.59. The van der Waals surface area contributed by atoms with Gasteiger partial charge in [-0.3, -0.25) is 24.3 Å². The number of nitrogens with one attached hydrogen (secondary N) is 2. The number of aromatic nitrogens is 1. The molecule has 1 fully saturated rings. The zero-order valence-corrected chi connectivity index (χ0v) is 19.2. The Bertz CT molecular complexity index is 1150. The summed E-state index contributed by atoms with van der Waals surface area (Å²) in [4.78, 5) is 44.7. The first-order valence-corrected chi connectivity index (χ1v) is 11.6. The molecule has 1 saturated carbocycles. The Morgan fingerprint density at radius 3 is 2.51 bits per heavy atom. The van der Waals surface area contributed by atoms with Gasteiger partial charge in [-0.25, -0.2) is 4.39 Å². The van der Waals surface area contributed by atoms with Crippen LogP contribution in [0.2, 0.25) is 0 Å². The van der Waals surface area contributed by atoms with Crippen LogP contribution in [0.15, 0.2) is 71.6 Å². The number of benzene rings is 1. The number of hydrogen-bond donors (Lipinski definition) is 2. The van der Waals surface area contributed by atoms with Crippen molar-refractivity contribution in [1.29, 1.82) is 0 Å². The van der Waals surface area contributed by atoms with Crippen molar-refractivity contribution in [1.82, 2.24) is 15.6 Å². The molecule has 182 valence electrons. The molecule has 0 saturated heterocycles. The van der Waals surface area contributed by atoms with E-state index >= 15 is 0 Å². The normalized spacial score (nSPS) is 14.7. The van der Waals surface area contributed by atoms with E-state index < -0.39 is 30.2 Å². The van der Waals surface area contributed by atoms with Gasteiger partial charge >= 0.3 is 0 Å². The maximum atomic E-state index is 14.2. The van der Waals surface area contributed by atoms with Crippen molar-refractivity contribution >= 4 is 23.4 Å². The lowest BCUT2D eigenvalue weighted by Gasteiger charge is -2.33. The maximum absolute atomic E-state index is 14.2. The third-order valence-corrected chi connectivity index (χ3v) is 5.98. The third kappa shape index (κ3) is 6.11. The van der Waals surface area contributed by atoms with Crippen LogP contribution < -0.4 is 15.5 Å². The molecule has 1 aliphatic rings. The van der Waals surface area contributed by atoms with Crippen LogP contribution in [0.25, 0.3) is 0 Å². The summed E-state index contributed by atoms with van der Waals surface area (Å²) in [6.07, 6.45) is 9.32. The monoisotopic (exact) mass is 478 g/mol. The molecule has 9 heteroatoms. The molecule has 0 aliphatic heterocycles. The maximum Gasteiger partial charge on any atom is 0.287 e. The number of furan rings is 1. The molecule has 3 amide bonds. The molecular formula is C26H27FN4O4. The second kappa shape index (κ2) is 11.4. The molecule has 2 aromatic heterocycles. The third-order valence-electron chi connectivity index (χ3n) is 5.98. The second-order valence-electron chi connectivity index (χ2n) is 8.43. The van der Waals surface area contributed by atoms with Crippen LogP contribution in [0.5, 0.6) is 0 Å². The predicted octanol–water partition coefficient (Wildman–Crippen LogP) is 3.77. The number of carbonyl (C=O) groups is 3. The zero-order chi connectivity index (χ0) is 24.6. The number of anilines is 1. The van der Waals surface area contributed by atoms with E-state index in [1.54, 1.807) is 24.3 Å². The summed E-state index contributed by atoms with van der Waals surface area (Å²) >= 11 is 0. The fraction of sp³-hybridized carbons (Fsp3) is 0.308. The highest BCUT2D eigenvalue weighted by Gasteiger charge is 2.34. The van der Waals surface area contributed by atoms with Gasteiger partial charge in [0.25, 0.3) is 5.91 Å². The van der Waals surface area contributed by atoms with E-state index in [0.717, 1.165) is 32.1 Å². The van der Waals surface area contributed by atoms with Gasteiger partial charge in [0.1, 0.15) is 11.9 Å². The number of hydrogen-bond acceptors (Lipinski definition) is 5. The van der Waals surface area contributed by atoms with E-state index in [0.29, 0.717) is 5.56 Å². The van der Waals surface area contributed by atoms with E-state index in [1.807, 2.05) is 0 Å². The zero-order valence-electron chi connectivity index (χ0n) is 19.2. The minimum atomic E-state index is -1.09. The largest absolute Gasteiger partial charge is 0.459 e. The molecule has 1 atom stereocenters. The average Bonchev–Trinajstić information content (AvgIpc) is 3.42. The van der Waals surface area contributed by atoms with Crippen LogP contribution >= 0.6 is 0 Å². The van der Waals surface area contributed by atoms with Gasteiger partial charge < -0.3 is 15.1 Å². The van der Waals surface area contributed by atoms with E-state index in [4.69, 9.17) is 4.42 Å². The summed E-state index contributed by atoms with van der Waals surface area (Å²) in [6.45, 7) is -0.422. The van der Waals surface area contributed by atoms with Crippen molar-refractivity contribution in [3.63, 3.8) is 0 Å². The van der Waals surface area contributed by atoms with Crippen LogP contribution in [0.3, 0.4) is 0 Å². The molecule has 1 aliphatic carbocycles. The topological polar surface area (TPSA) is 105 Å². The van der Waals surface area contributed by atoms with Gasteiger partial charge in [-0.2, -0.15) is 0 Å². The summed E-state index contributed by atoms with van der Waals surface area (Å²) in [6, 6.07) is 10.7. The molecule has 2 heterocycles. The smallest absolute Gasteiger partial charge is 0.287 e. The van der Waals surface area contributed by atoms with Crippen molar-refractivity contribution in [2.75, 3.05) is 11.4 Å². The molecule has 0 unspecified atom stereocenters. The van der Waals surface area contributed by atoms with E-state index in [9.17, 15) is 18.8 Å². The Kier molecular flexibility index (Phi) is 7.87. The molecule has 0 radical (unpaired) electrons. The Balaban J connectivity index is 1.66. The Hall–Kier alpha value is -4.01. The lowest BCUT2D eigenvalue weighted by molar-refractivity contribution is -0.127. The second-order valence-corrected chi connectivity index (χ2v) is 8.43. The number of carbonyl (C=O) groups excluding carboxylic acids is 3. The highest BCUT2D eigenvalue weighted by molar-refractivity contribution is 6.04. The van der Waals surface area contributed by atoms with Crippen LogP contribution in [0.4, 0.5) is 10.1 Å². The first-order chi connectivity index (χ1) is 17.0. The molecule has 3 aromatic rings. The number of amides is 3. The summed E-state index contributed by atoms with van der Waals surface area (Å²) in [5.74, 6) is -2.04. The average molecular weight is 479 g/mol. The van der Waals surface area contributed by atoms with Gasteiger partial charge in [0.15, 0.2) is 5.76 Å². The van der Waals surface area contributed by atoms with Crippen LogP contribution in [0.1, 0.15) is 54.3 Å². The molecule has 0 bridgehead atoms. The Morgan fingerprint density at radius 1 is 1.06 bits per heavy atom. The fourth-order valence-corrected chi connectivity index (χ4v) is 4.29. The van der Waals surface area contributed by atoms with Crippen LogP contribution in [-0.2, 0) is 9.59 Å². The van der Waals surface area contributed by atoms with Crippen molar-refractivity contribution < 1.29 is 23.2 Å². The van der Waals surface area contributed by atoms with Gasteiger partial charge in [-0.1, -0.05) is 25.3 Å². The summed E-state index contributed by atoms with van der Waals surface area (Å²) in [7, 11) is 0. The molecule has 2 N–H and O–H groups in total. The quantitative estimate of drug-likeness (QED) is 0.513. The van der Waals surface area contributed by atoms with Gasteiger partial charge in [0.05, 0.1) is 12.8 Å². The summed E-state index contributed by atoms with van der Waals surface area (Å²) in [5.41, 5.74) is 0.714.